The Morgan fingerprint density at radius 1 is 1.15 bits per heavy atom. The molecule has 1 aromatic carbocycles. The molecule has 2 amide bonds. The van der Waals surface area contributed by atoms with E-state index in [0.29, 0.717) is 13.0 Å². The van der Waals surface area contributed by atoms with Gasteiger partial charge >= 0.3 is 0 Å². The van der Waals surface area contributed by atoms with Gasteiger partial charge in [-0.15, -0.1) is 0 Å². The first-order valence-electron chi connectivity index (χ1n) is 9.32. The molecule has 0 aliphatic carbocycles. The molecular formula is C20H26N4O2S. The van der Waals surface area contributed by atoms with E-state index in [9.17, 15) is 9.59 Å². The van der Waals surface area contributed by atoms with Crippen molar-refractivity contribution in [3.8, 4) is 5.69 Å². The minimum Gasteiger partial charge on any atom is -0.355 e. The first kappa shape index (κ1) is 19.5. The molecular weight excluding hydrogens is 360 g/mol. The van der Waals surface area contributed by atoms with Crippen LogP contribution in [0.4, 0.5) is 0 Å². The van der Waals surface area contributed by atoms with Gasteiger partial charge in [-0.3, -0.25) is 14.2 Å². The molecule has 0 unspecified atom stereocenters. The van der Waals surface area contributed by atoms with Crippen molar-refractivity contribution < 1.29 is 9.59 Å². The van der Waals surface area contributed by atoms with E-state index >= 15 is 0 Å². The molecule has 144 valence electrons. The van der Waals surface area contributed by atoms with Crippen LogP contribution in [-0.2, 0) is 9.59 Å². The average Bonchev–Trinajstić information content (AvgIpc) is 3.30. The number of benzene rings is 1. The molecule has 1 saturated heterocycles. The van der Waals surface area contributed by atoms with Gasteiger partial charge < -0.3 is 10.2 Å². The van der Waals surface area contributed by atoms with E-state index in [1.165, 1.54) is 22.9 Å². The maximum Gasteiger partial charge on any atom is 0.230 e. The third-order valence-electron chi connectivity index (χ3n) is 4.54. The van der Waals surface area contributed by atoms with Crippen LogP contribution in [0.25, 0.3) is 5.69 Å². The van der Waals surface area contributed by atoms with Crippen LogP contribution >= 0.6 is 11.8 Å². The highest BCUT2D eigenvalue weighted by Crippen LogP contribution is 2.22. The number of rotatable bonds is 7. The molecule has 1 N–H and O–H groups in total. The number of imidazole rings is 1. The molecule has 0 bridgehead atoms. The lowest BCUT2D eigenvalue weighted by molar-refractivity contribution is -0.130. The Kier molecular flexibility index (Phi) is 6.55. The lowest BCUT2D eigenvalue weighted by Gasteiger charge is -2.15. The lowest BCUT2D eigenvalue weighted by atomic mass is 10.1. The maximum absolute atomic E-state index is 12.1. The second kappa shape index (κ2) is 9.08. The van der Waals surface area contributed by atoms with Gasteiger partial charge in [-0.1, -0.05) is 17.8 Å². The summed E-state index contributed by atoms with van der Waals surface area (Å²) in [6.07, 6.45) is 6.19. The summed E-state index contributed by atoms with van der Waals surface area (Å²) in [5.41, 5.74) is 3.43. The Hall–Kier alpha value is -2.28. The van der Waals surface area contributed by atoms with E-state index in [1.807, 2.05) is 15.7 Å². The molecule has 3 rings (SSSR count). The second-order valence-electron chi connectivity index (χ2n) is 6.90. The minimum absolute atomic E-state index is 0.0794. The van der Waals surface area contributed by atoms with Gasteiger partial charge in [0.25, 0.3) is 0 Å². The third kappa shape index (κ3) is 5.35. The maximum atomic E-state index is 12.1. The quantitative estimate of drug-likeness (QED) is 0.743. The molecule has 1 fully saturated rings. The number of amides is 2. The highest BCUT2D eigenvalue weighted by Gasteiger charge is 2.17. The van der Waals surface area contributed by atoms with Crippen LogP contribution in [0.5, 0.6) is 0 Å². The topological polar surface area (TPSA) is 67.2 Å². The van der Waals surface area contributed by atoms with Crippen molar-refractivity contribution in [3.05, 3.63) is 41.7 Å². The summed E-state index contributed by atoms with van der Waals surface area (Å²) < 4.78 is 1.99. The summed E-state index contributed by atoms with van der Waals surface area (Å²) in [5.74, 6) is 0.328. The van der Waals surface area contributed by atoms with Gasteiger partial charge in [-0.05, 0) is 49.9 Å². The number of carbonyl (C=O) groups is 2. The average molecular weight is 387 g/mol. The van der Waals surface area contributed by atoms with Gasteiger partial charge in [0.1, 0.15) is 0 Å². The summed E-state index contributed by atoms with van der Waals surface area (Å²) in [7, 11) is 0. The standard InChI is InChI=1S/C20H26N4O2S/c1-15-11-16(2)13-17(12-15)24-10-7-22-20(24)27-14-18(25)21-6-5-19(26)23-8-3-4-9-23/h7,10-13H,3-6,8-9,14H2,1-2H3,(H,21,25). The van der Waals surface area contributed by atoms with E-state index in [1.54, 1.807) is 6.20 Å². The summed E-state index contributed by atoms with van der Waals surface area (Å²) in [5, 5.41) is 3.61. The Balaban J connectivity index is 1.48. The van der Waals surface area contributed by atoms with Crippen molar-refractivity contribution in [1.82, 2.24) is 19.8 Å². The molecule has 2 aromatic rings. The van der Waals surface area contributed by atoms with E-state index in [2.05, 4.69) is 42.3 Å². The Morgan fingerprint density at radius 3 is 2.56 bits per heavy atom. The summed E-state index contributed by atoms with van der Waals surface area (Å²) >= 11 is 1.40. The van der Waals surface area contributed by atoms with E-state index in [-0.39, 0.29) is 17.6 Å². The zero-order valence-corrected chi connectivity index (χ0v) is 16.7. The summed E-state index contributed by atoms with van der Waals surface area (Å²) in [6, 6.07) is 6.33. The number of aryl methyl sites for hydroxylation is 2. The normalized spacial score (nSPS) is 13.8. The fraction of sp³-hybridized carbons (Fsp3) is 0.450. The fourth-order valence-electron chi connectivity index (χ4n) is 3.30. The van der Waals surface area contributed by atoms with Gasteiger partial charge in [-0.25, -0.2) is 4.98 Å². The minimum atomic E-state index is -0.0794. The molecule has 2 heterocycles. The molecule has 27 heavy (non-hydrogen) atoms. The van der Waals surface area contributed by atoms with Gasteiger partial charge in [0.2, 0.25) is 11.8 Å². The van der Waals surface area contributed by atoms with Crippen LogP contribution in [0.3, 0.4) is 0 Å². The van der Waals surface area contributed by atoms with Gasteiger partial charge in [-0.2, -0.15) is 0 Å². The predicted octanol–water partition coefficient (Wildman–Crippen LogP) is 2.71. The number of thioether (sulfide) groups is 1. The van der Waals surface area contributed by atoms with Crippen molar-refractivity contribution in [2.45, 2.75) is 38.3 Å². The van der Waals surface area contributed by atoms with Crippen LogP contribution in [0.2, 0.25) is 0 Å². The monoisotopic (exact) mass is 386 g/mol. The fourth-order valence-corrected chi connectivity index (χ4v) is 4.10. The van der Waals surface area contributed by atoms with Crippen LogP contribution in [-0.4, -0.2) is 51.7 Å². The first-order valence-corrected chi connectivity index (χ1v) is 10.3. The molecule has 7 heteroatoms. The highest BCUT2D eigenvalue weighted by molar-refractivity contribution is 7.99. The molecule has 0 saturated carbocycles. The van der Waals surface area contributed by atoms with Crippen LogP contribution in [0.15, 0.2) is 35.7 Å². The molecule has 1 aromatic heterocycles. The van der Waals surface area contributed by atoms with Crippen molar-refractivity contribution in [3.63, 3.8) is 0 Å². The predicted molar refractivity (Wildman–Crippen MR) is 107 cm³/mol. The van der Waals surface area contributed by atoms with Crippen molar-refractivity contribution in [2.75, 3.05) is 25.4 Å². The summed E-state index contributed by atoms with van der Waals surface area (Å²) in [4.78, 5) is 30.3. The Morgan fingerprint density at radius 2 is 1.85 bits per heavy atom. The SMILES string of the molecule is Cc1cc(C)cc(-n2ccnc2SCC(=O)NCCC(=O)N2CCCC2)c1. The number of nitrogens with one attached hydrogen (secondary N) is 1. The Bertz CT molecular complexity index is 792. The van der Waals surface area contributed by atoms with Crippen molar-refractivity contribution in [1.29, 1.82) is 0 Å². The number of hydrogen-bond donors (Lipinski definition) is 1. The highest BCUT2D eigenvalue weighted by atomic mass is 32.2. The zero-order valence-electron chi connectivity index (χ0n) is 15.9. The van der Waals surface area contributed by atoms with Gasteiger partial charge in [0.05, 0.1) is 5.75 Å². The number of carbonyl (C=O) groups excluding carboxylic acids is 2. The molecule has 1 aliphatic heterocycles. The van der Waals surface area contributed by atoms with E-state index < -0.39 is 0 Å². The van der Waals surface area contributed by atoms with Gasteiger partial charge in [0, 0.05) is 44.1 Å². The van der Waals surface area contributed by atoms with Crippen LogP contribution in [0.1, 0.15) is 30.4 Å². The number of likely N-dealkylation sites (tertiary alicyclic amines) is 1. The van der Waals surface area contributed by atoms with Gasteiger partial charge in [0.15, 0.2) is 5.16 Å². The first-order chi connectivity index (χ1) is 13.0. The van der Waals surface area contributed by atoms with Crippen molar-refractivity contribution >= 4 is 23.6 Å². The number of nitrogens with zero attached hydrogens (tertiary/aromatic N) is 3. The second-order valence-corrected chi connectivity index (χ2v) is 7.84. The molecule has 6 nitrogen and oxygen atoms in total. The largest absolute Gasteiger partial charge is 0.355 e. The lowest BCUT2D eigenvalue weighted by Crippen LogP contribution is -2.33. The van der Waals surface area contributed by atoms with Crippen LogP contribution in [0, 0.1) is 13.8 Å². The number of hydrogen-bond acceptors (Lipinski definition) is 4. The van der Waals surface area contributed by atoms with E-state index in [4.69, 9.17) is 0 Å². The molecule has 0 radical (unpaired) electrons. The Labute approximate surface area is 164 Å². The zero-order chi connectivity index (χ0) is 19.2. The third-order valence-corrected chi connectivity index (χ3v) is 5.51. The van der Waals surface area contributed by atoms with E-state index in [0.717, 1.165) is 36.8 Å². The number of aromatic nitrogens is 2. The summed E-state index contributed by atoms with van der Waals surface area (Å²) in [6.45, 7) is 6.22. The molecule has 1 aliphatic rings. The smallest absolute Gasteiger partial charge is 0.230 e. The molecule has 0 atom stereocenters. The molecule has 0 spiro atoms. The van der Waals surface area contributed by atoms with Crippen molar-refractivity contribution in [2.24, 2.45) is 0 Å². The van der Waals surface area contributed by atoms with Crippen LogP contribution < -0.4 is 5.32 Å².